The fourth-order valence-electron chi connectivity index (χ4n) is 1.49. The lowest BCUT2D eigenvalue weighted by molar-refractivity contribution is 0.0393. The lowest BCUT2D eigenvalue weighted by Crippen LogP contribution is -2.29. The van der Waals surface area contributed by atoms with Gasteiger partial charge in [-0.05, 0) is 19.4 Å². The van der Waals surface area contributed by atoms with Gasteiger partial charge in [0, 0.05) is 12.2 Å². The normalized spacial score (nSPS) is 10.7. The number of nitrogen functional groups attached to an aromatic ring is 1. The molecular weight excluding hydrogens is 248 g/mol. The number of nitrogens with one attached hydrogen (secondary N) is 1. The molecule has 0 saturated heterocycles. The Morgan fingerprint density at radius 1 is 1.37 bits per heavy atom. The van der Waals surface area contributed by atoms with Crippen molar-refractivity contribution in [3.8, 4) is 0 Å². The third-order valence-electron chi connectivity index (χ3n) is 2.65. The molecule has 6 nitrogen and oxygen atoms in total. The van der Waals surface area contributed by atoms with Gasteiger partial charge in [-0.1, -0.05) is 13.3 Å². The number of hydrazine groups is 1. The molecule has 0 radical (unpaired) electrons. The first-order valence-corrected chi connectivity index (χ1v) is 6.44. The molecule has 0 fully saturated rings. The Bertz CT molecular complexity index is 390. The first kappa shape index (κ1) is 15.7. The lowest BCUT2D eigenvalue weighted by Gasteiger charge is -2.04. The number of hydrogen-bond donors (Lipinski definition) is 2. The Balaban J connectivity index is 2.26. The van der Waals surface area contributed by atoms with Crippen LogP contribution >= 0.6 is 0 Å². The van der Waals surface area contributed by atoms with E-state index in [9.17, 15) is 4.79 Å². The SMILES string of the molecule is CCCCOCCOCc1cc(C(=O)NN)oc1C. The van der Waals surface area contributed by atoms with Crippen molar-refractivity contribution in [3.63, 3.8) is 0 Å². The average Bonchev–Trinajstić information content (AvgIpc) is 2.78. The predicted octanol–water partition coefficient (Wildman–Crippen LogP) is 1.52. The predicted molar refractivity (Wildman–Crippen MR) is 70.5 cm³/mol. The second kappa shape index (κ2) is 8.68. The summed E-state index contributed by atoms with van der Waals surface area (Å²) in [4.78, 5) is 11.3. The van der Waals surface area contributed by atoms with E-state index in [-0.39, 0.29) is 5.76 Å². The highest BCUT2D eigenvalue weighted by atomic mass is 16.5. The highest BCUT2D eigenvalue weighted by Gasteiger charge is 2.13. The van der Waals surface area contributed by atoms with Crippen molar-refractivity contribution in [2.24, 2.45) is 5.84 Å². The monoisotopic (exact) mass is 270 g/mol. The summed E-state index contributed by atoms with van der Waals surface area (Å²) in [5.74, 6) is 5.44. The van der Waals surface area contributed by atoms with Gasteiger partial charge in [0.25, 0.3) is 0 Å². The highest BCUT2D eigenvalue weighted by molar-refractivity contribution is 5.91. The van der Waals surface area contributed by atoms with Crippen LogP contribution in [0.3, 0.4) is 0 Å². The maximum atomic E-state index is 11.3. The molecule has 0 bridgehead atoms. The van der Waals surface area contributed by atoms with E-state index in [0.29, 0.717) is 25.6 Å². The number of ether oxygens (including phenoxy) is 2. The molecule has 3 N–H and O–H groups in total. The summed E-state index contributed by atoms with van der Waals surface area (Å²) in [6, 6.07) is 1.63. The Kier molecular flexibility index (Phi) is 7.17. The summed E-state index contributed by atoms with van der Waals surface area (Å²) in [7, 11) is 0. The van der Waals surface area contributed by atoms with Gasteiger partial charge in [0.1, 0.15) is 5.76 Å². The average molecular weight is 270 g/mol. The Morgan fingerprint density at radius 2 is 2.11 bits per heavy atom. The van der Waals surface area contributed by atoms with Crippen molar-refractivity contribution < 1.29 is 18.7 Å². The molecule has 0 spiro atoms. The summed E-state index contributed by atoms with van der Waals surface area (Å²) >= 11 is 0. The molecule has 0 atom stereocenters. The van der Waals surface area contributed by atoms with E-state index in [4.69, 9.17) is 19.7 Å². The number of rotatable bonds is 9. The van der Waals surface area contributed by atoms with E-state index in [1.807, 2.05) is 5.43 Å². The number of carbonyl (C=O) groups excluding carboxylic acids is 1. The van der Waals surface area contributed by atoms with Gasteiger partial charge in [-0.25, -0.2) is 5.84 Å². The lowest BCUT2D eigenvalue weighted by atomic mass is 10.2. The maximum Gasteiger partial charge on any atom is 0.300 e. The van der Waals surface area contributed by atoms with Crippen LogP contribution in [0.2, 0.25) is 0 Å². The molecule has 19 heavy (non-hydrogen) atoms. The van der Waals surface area contributed by atoms with Crippen LogP contribution in [0.4, 0.5) is 0 Å². The molecule has 0 unspecified atom stereocenters. The van der Waals surface area contributed by atoms with Crippen molar-refractivity contribution in [1.29, 1.82) is 0 Å². The largest absolute Gasteiger partial charge is 0.456 e. The van der Waals surface area contributed by atoms with E-state index < -0.39 is 5.91 Å². The van der Waals surface area contributed by atoms with Gasteiger partial charge in [0.15, 0.2) is 5.76 Å². The maximum absolute atomic E-state index is 11.3. The van der Waals surface area contributed by atoms with E-state index in [1.165, 1.54) is 0 Å². The standard InChI is InChI=1S/C13H22N2O4/c1-3-4-5-17-6-7-18-9-11-8-12(13(16)15-14)19-10(11)2/h8H,3-7,9,14H2,1-2H3,(H,15,16). The van der Waals surface area contributed by atoms with Crippen LogP contribution in [0.15, 0.2) is 10.5 Å². The molecule has 1 rings (SSSR count). The fourth-order valence-corrected chi connectivity index (χ4v) is 1.49. The molecule has 0 aliphatic carbocycles. The number of unbranched alkanes of at least 4 members (excludes halogenated alkanes) is 1. The molecule has 6 heteroatoms. The molecule has 0 aliphatic heterocycles. The van der Waals surface area contributed by atoms with E-state index in [1.54, 1.807) is 13.0 Å². The van der Waals surface area contributed by atoms with Crippen LogP contribution < -0.4 is 11.3 Å². The molecule has 1 aromatic heterocycles. The number of amides is 1. The van der Waals surface area contributed by atoms with Gasteiger partial charge in [-0.3, -0.25) is 10.2 Å². The summed E-state index contributed by atoms with van der Waals surface area (Å²) in [5, 5.41) is 0. The second-order valence-corrected chi connectivity index (χ2v) is 4.18. The van der Waals surface area contributed by atoms with Gasteiger partial charge in [0.05, 0.1) is 19.8 Å². The zero-order valence-electron chi connectivity index (χ0n) is 11.5. The first-order valence-electron chi connectivity index (χ1n) is 6.44. The Labute approximate surface area is 113 Å². The smallest absolute Gasteiger partial charge is 0.300 e. The minimum Gasteiger partial charge on any atom is -0.456 e. The molecule has 1 amide bonds. The van der Waals surface area contributed by atoms with Gasteiger partial charge in [0.2, 0.25) is 0 Å². The highest BCUT2D eigenvalue weighted by Crippen LogP contribution is 2.15. The first-order chi connectivity index (χ1) is 9.19. The summed E-state index contributed by atoms with van der Waals surface area (Å²) in [5.41, 5.74) is 2.86. The van der Waals surface area contributed by atoms with Crippen molar-refractivity contribution in [3.05, 3.63) is 23.2 Å². The van der Waals surface area contributed by atoms with Gasteiger partial charge in [-0.15, -0.1) is 0 Å². The molecule has 108 valence electrons. The van der Waals surface area contributed by atoms with Crippen molar-refractivity contribution >= 4 is 5.91 Å². The minimum atomic E-state index is -0.447. The quantitative estimate of drug-likeness (QED) is 0.307. The number of furan rings is 1. The summed E-state index contributed by atoms with van der Waals surface area (Å²) in [6.45, 7) is 6.16. The fraction of sp³-hybridized carbons (Fsp3) is 0.615. The molecule has 0 aromatic carbocycles. The van der Waals surface area contributed by atoms with Crippen molar-refractivity contribution in [1.82, 2.24) is 5.43 Å². The van der Waals surface area contributed by atoms with Gasteiger partial charge >= 0.3 is 5.91 Å². The van der Waals surface area contributed by atoms with Crippen LogP contribution in [0.25, 0.3) is 0 Å². The van der Waals surface area contributed by atoms with E-state index >= 15 is 0 Å². The number of aryl methyl sites for hydroxylation is 1. The third-order valence-corrected chi connectivity index (χ3v) is 2.65. The van der Waals surface area contributed by atoms with E-state index in [0.717, 1.165) is 25.0 Å². The zero-order valence-corrected chi connectivity index (χ0v) is 11.5. The van der Waals surface area contributed by atoms with Crippen LogP contribution in [0.5, 0.6) is 0 Å². The van der Waals surface area contributed by atoms with Crippen molar-refractivity contribution in [2.75, 3.05) is 19.8 Å². The zero-order chi connectivity index (χ0) is 14.1. The molecule has 0 aliphatic rings. The van der Waals surface area contributed by atoms with E-state index in [2.05, 4.69) is 6.92 Å². The van der Waals surface area contributed by atoms with Crippen LogP contribution in [-0.2, 0) is 16.1 Å². The second-order valence-electron chi connectivity index (χ2n) is 4.18. The summed E-state index contributed by atoms with van der Waals surface area (Å²) < 4.78 is 16.1. The Morgan fingerprint density at radius 3 is 2.79 bits per heavy atom. The number of carbonyl (C=O) groups is 1. The van der Waals surface area contributed by atoms with Gasteiger partial charge in [-0.2, -0.15) is 0 Å². The molecule has 0 saturated carbocycles. The number of hydrogen-bond acceptors (Lipinski definition) is 5. The van der Waals surface area contributed by atoms with Crippen LogP contribution in [-0.4, -0.2) is 25.7 Å². The topological polar surface area (TPSA) is 86.7 Å². The summed E-state index contributed by atoms with van der Waals surface area (Å²) in [6.07, 6.45) is 2.19. The van der Waals surface area contributed by atoms with Crippen LogP contribution in [0, 0.1) is 6.92 Å². The molecule has 1 aromatic rings. The third kappa shape index (κ3) is 5.42. The van der Waals surface area contributed by atoms with Crippen molar-refractivity contribution in [2.45, 2.75) is 33.3 Å². The van der Waals surface area contributed by atoms with Gasteiger partial charge < -0.3 is 13.9 Å². The number of nitrogens with two attached hydrogens (primary N) is 1. The molecule has 1 heterocycles. The molecular formula is C13H22N2O4. The minimum absolute atomic E-state index is 0.192. The van der Waals surface area contributed by atoms with Crippen LogP contribution in [0.1, 0.15) is 41.6 Å². The Hall–Kier alpha value is -1.37.